The molecule has 0 aliphatic carbocycles. The molecule has 1 heterocycles. The maximum atomic E-state index is 11.2. The van der Waals surface area contributed by atoms with Crippen LogP contribution in [0.25, 0.3) is 0 Å². The minimum absolute atomic E-state index is 0.106. The van der Waals surface area contributed by atoms with Crippen molar-refractivity contribution in [3.63, 3.8) is 0 Å². The Hall–Kier alpha value is -1.03. The lowest BCUT2D eigenvalue weighted by Crippen LogP contribution is -2.34. The summed E-state index contributed by atoms with van der Waals surface area (Å²) in [6.45, 7) is 1.72. The van der Waals surface area contributed by atoms with Gasteiger partial charge >= 0.3 is 0 Å². The summed E-state index contributed by atoms with van der Waals surface area (Å²) in [5.41, 5.74) is 0.720. The van der Waals surface area contributed by atoms with Crippen LogP contribution in [0.5, 0.6) is 5.75 Å². The van der Waals surface area contributed by atoms with E-state index in [0.29, 0.717) is 0 Å². The summed E-state index contributed by atoms with van der Waals surface area (Å²) in [7, 11) is 0. The molecule has 13 heavy (non-hydrogen) atoms. The van der Waals surface area contributed by atoms with Crippen LogP contribution < -0.4 is 10.1 Å². The molecule has 1 aliphatic heterocycles. The van der Waals surface area contributed by atoms with Gasteiger partial charge in [0.2, 0.25) is 0 Å². The Labute approximate surface area is 84.2 Å². The molecule has 3 nitrogen and oxygen atoms in total. The lowest BCUT2D eigenvalue weighted by Gasteiger charge is -2.23. The molecule has 1 aromatic rings. The summed E-state index contributed by atoms with van der Waals surface area (Å²) < 4.78 is 6.29. The minimum atomic E-state index is -0.409. The van der Waals surface area contributed by atoms with Crippen LogP contribution in [0, 0.1) is 0 Å². The molecule has 0 aromatic heterocycles. The zero-order valence-corrected chi connectivity index (χ0v) is 8.59. The Morgan fingerprint density at radius 2 is 2.31 bits per heavy atom. The molecule has 0 radical (unpaired) electrons. The molecule has 68 valence electrons. The number of hydrogen-bond donors (Lipinski definition) is 1. The van der Waals surface area contributed by atoms with Crippen LogP contribution in [-0.2, 0) is 4.79 Å². The second kappa shape index (κ2) is 3.03. The van der Waals surface area contributed by atoms with Crippen LogP contribution in [-0.4, -0.2) is 12.0 Å². The number of amides is 1. The fraction of sp³-hybridized carbons (Fsp3) is 0.222. The summed E-state index contributed by atoms with van der Waals surface area (Å²) >= 11 is 3.32. The van der Waals surface area contributed by atoms with Gasteiger partial charge in [-0.15, -0.1) is 0 Å². The molecule has 1 amide bonds. The van der Waals surface area contributed by atoms with Gasteiger partial charge in [-0.05, 0) is 25.1 Å². The van der Waals surface area contributed by atoms with Gasteiger partial charge < -0.3 is 10.1 Å². The van der Waals surface area contributed by atoms with Crippen LogP contribution in [0.1, 0.15) is 6.92 Å². The van der Waals surface area contributed by atoms with Gasteiger partial charge in [0.15, 0.2) is 6.10 Å². The molecule has 4 heteroatoms. The highest BCUT2D eigenvalue weighted by Crippen LogP contribution is 2.31. The van der Waals surface area contributed by atoms with Crippen molar-refractivity contribution in [3.8, 4) is 5.75 Å². The SMILES string of the molecule is C[C@H]1Oc2ccc(Br)cc2NC1=O. The van der Waals surface area contributed by atoms with Gasteiger partial charge in [0.05, 0.1) is 5.69 Å². The first-order valence-electron chi connectivity index (χ1n) is 3.94. The third-order valence-corrected chi connectivity index (χ3v) is 2.37. The summed E-state index contributed by atoms with van der Waals surface area (Å²) in [6.07, 6.45) is -0.409. The van der Waals surface area contributed by atoms with Crippen molar-refractivity contribution in [1.29, 1.82) is 0 Å². The third-order valence-electron chi connectivity index (χ3n) is 1.87. The van der Waals surface area contributed by atoms with E-state index < -0.39 is 6.10 Å². The molecular weight excluding hydrogens is 234 g/mol. The lowest BCUT2D eigenvalue weighted by molar-refractivity contribution is -0.122. The fourth-order valence-corrected chi connectivity index (χ4v) is 1.54. The van der Waals surface area contributed by atoms with Crippen molar-refractivity contribution in [2.45, 2.75) is 13.0 Å². The van der Waals surface area contributed by atoms with Gasteiger partial charge in [-0.1, -0.05) is 15.9 Å². The first kappa shape index (κ1) is 8.56. The predicted molar refractivity (Wildman–Crippen MR) is 52.9 cm³/mol. The monoisotopic (exact) mass is 241 g/mol. The zero-order chi connectivity index (χ0) is 9.42. The molecule has 1 aliphatic rings. The number of ether oxygens (including phenoxy) is 1. The highest BCUT2D eigenvalue weighted by molar-refractivity contribution is 9.10. The summed E-state index contributed by atoms with van der Waals surface area (Å²) in [4.78, 5) is 11.2. The number of carbonyl (C=O) groups is 1. The van der Waals surface area contributed by atoms with Crippen LogP contribution in [0.15, 0.2) is 22.7 Å². The van der Waals surface area contributed by atoms with Gasteiger partial charge in [0.25, 0.3) is 5.91 Å². The largest absolute Gasteiger partial charge is 0.479 e. The molecule has 1 aromatic carbocycles. The van der Waals surface area contributed by atoms with Gasteiger partial charge in [-0.3, -0.25) is 4.79 Å². The Kier molecular flexibility index (Phi) is 2.00. The number of anilines is 1. The average molecular weight is 242 g/mol. The van der Waals surface area contributed by atoms with E-state index in [2.05, 4.69) is 21.2 Å². The molecule has 0 spiro atoms. The van der Waals surface area contributed by atoms with Crippen LogP contribution in [0.2, 0.25) is 0 Å². The van der Waals surface area contributed by atoms with E-state index in [9.17, 15) is 4.79 Å². The number of halogens is 1. The maximum absolute atomic E-state index is 11.2. The first-order chi connectivity index (χ1) is 6.16. The van der Waals surface area contributed by atoms with E-state index in [-0.39, 0.29) is 5.91 Å². The number of nitrogens with one attached hydrogen (secondary N) is 1. The van der Waals surface area contributed by atoms with E-state index in [0.717, 1.165) is 15.9 Å². The topological polar surface area (TPSA) is 38.3 Å². The molecule has 1 atom stereocenters. The highest BCUT2D eigenvalue weighted by atomic mass is 79.9. The van der Waals surface area contributed by atoms with Gasteiger partial charge in [-0.25, -0.2) is 0 Å². The van der Waals surface area contributed by atoms with E-state index in [1.807, 2.05) is 18.2 Å². The standard InChI is InChI=1S/C9H8BrNO2/c1-5-9(12)11-7-4-6(10)2-3-8(7)13-5/h2-5H,1H3,(H,11,12)/t5-/m1/s1. The van der Waals surface area contributed by atoms with Gasteiger partial charge in [-0.2, -0.15) is 0 Å². The highest BCUT2D eigenvalue weighted by Gasteiger charge is 2.22. The number of carbonyl (C=O) groups excluding carboxylic acids is 1. The molecule has 0 saturated heterocycles. The van der Waals surface area contributed by atoms with Crippen LogP contribution in [0.3, 0.4) is 0 Å². The smallest absolute Gasteiger partial charge is 0.265 e. The van der Waals surface area contributed by atoms with Crippen molar-refractivity contribution in [3.05, 3.63) is 22.7 Å². The summed E-state index contributed by atoms with van der Waals surface area (Å²) in [6, 6.07) is 5.53. The first-order valence-corrected chi connectivity index (χ1v) is 4.73. The molecule has 1 N–H and O–H groups in total. The number of rotatable bonds is 0. The van der Waals surface area contributed by atoms with Gasteiger partial charge in [0, 0.05) is 4.47 Å². The summed E-state index contributed by atoms with van der Waals surface area (Å²) in [5, 5.41) is 2.76. The molecule has 0 saturated carbocycles. The quantitative estimate of drug-likeness (QED) is 0.757. The number of fused-ring (bicyclic) bond motifs is 1. The van der Waals surface area contributed by atoms with Crippen molar-refractivity contribution < 1.29 is 9.53 Å². The maximum Gasteiger partial charge on any atom is 0.265 e. The second-order valence-corrected chi connectivity index (χ2v) is 3.81. The van der Waals surface area contributed by atoms with E-state index in [1.54, 1.807) is 6.92 Å². The average Bonchev–Trinajstić information content (AvgIpc) is 2.08. The number of hydrogen-bond acceptors (Lipinski definition) is 2. The van der Waals surface area contributed by atoms with Crippen molar-refractivity contribution in [2.24, 2.45) is 0 Å². The van der Waals surface area contributed by atoms with Crippen molar-refractivity contribution in [1.82, 2.24) is 0 Å². The normalized spacial score (nSPS) is 20.2. The number of benzene rings is 1. The Morgan fingerprint density at radius 3 is 3.08 bits per heavy atom. The third kappa shape index (κ3) is 1.54. The Morgan fingerprint density at radius 1 is 1.54 bits per heavy atom. The zero-order valence-electron chi connectivity index (χ0n) is 7.00. The molecule has 0 bridgehead atoms. The van der Waals surface area contributed by atoms with Crippen molar-refractivity contribution >= 4 is 27.5 Å². The van der Waals surface area contributed by atoms with Crippen LogP contribution in [0.4, 0.5) is 5.69 Å². The minimum Gasteiger partial charge on any atom is -0.479 e. The van der Waals surface area contributed by atoms with E-state index in [1.165, 1.54) is 0 Å². The molecule has 2 rings (SSSR count). The summed E-state index contributed by atoms with van der Waals surface area (Å²) in [5.74, 6) is 0.612. The fourth-order valence-electron chi connectivity index (χ4n) is 1.18. The van der Waals surface area contributed by atoms with Gasteiger partial charge in [0.1, 0.15) is 5.75 Å². The van der Waals surface area contributed by atoms with Crippen LogP contribution >= 0.6 is 15.9 Å². The molecular formula is C9H8BrNO2. The van der Waals surface area contributed by atoms with Crippen molar-refractivity contribution in [2.75, 3.05) is 5.32 Å². The predicted octanol–water partition coefficient (Wildman–Crippen LogP) is 2.17. The van der Waals surface area contributed by atoms with E-state index in [4.69, 9.17) is 4.74 Å². The Balaban J connectivity index is 2.42. The van der Waals surface area contributed by atoms with E-state index >= 15 is 0 Å². The lowest BCUT2D eigenvalue weighted by atomic mass is 10.2. The Bertz CT molecular complexity index is 365. The molecule has 0 fully saturated rings. The second-order valence-electron chi connectivity index (χ2n) is 2.89. The molecule has 0 unspecified atom stereocenters.